The van der Waals surface area contributed by atoms with E-state index in [1.807, 2.05) is 6.92 Å². The Balaban J connectivity index is 2.26. The summed E-state index contributed by atoms with van der Waals surface area (Å²) in [6, 6.07) is 8.62. The Morgan fingerprint density at radius 3 is 2.18 bits per heavy atom. The Kier molecular flexibility index (Phi) is 10.5. The highest BCUT2D eigenvalue weighted by atomic mass is 31.1. The third kappa shape index (κ3) is 8.12. The number of hydrogen-bond donors (Lipinski definition) is 2. The summed E-state index contributed by atoms with van der Waals surface area (Å²) in [5.41, 5.74) is 2.57. The second-order valence-corrected chi connectivity index (χ2v) is 7.39. The Morgan fingerprint density at radius 1 is 1.00 bits per heavy atom. The lowest BCUT2D eigenvalue weighted by molar-refractivity contribution is 0.466. The fourth-order valence-electron chi connectivity index (χ4n) is 2.58. The molecular weight excluding hydrogens is 293 g/mol. The van der Waals surface area contributed by atoms with Crippen LogP contribution < -0.4 is 5.32 Å². The number of unbranched alkanes of at least 4 members (excludes halogenated alkanes) is 5. The quantitative estimate of drug-likeness (QED) is 0.425. The van der Waals surface area contributed by atoms with Gasteiger partial charge < -0.3 is 10.2 Å². The van der Waals surface area contributed by atoms with Crippen molar-refractivity contribution >= 4 is 8.03 Å². The van der Waals surface area contributed by atoms with E-state index in [4.69, 9.17) is 0 Å². The second kappa shape index (κ2) is 11.9. The Labute approximate surface area is 136 Å². The third-order valence-electron chi connectivity index (χ3n) is 4.10. The van der Waals surface area contributed by atoms with E-state index in [2.05, 4.69) is 36.5 Å². The molecule has 0 aliphatic heterocycles. The van der Waals surface area contributed by atoms with Gasteiger partial charge in [-0.3, -0.25) is 4.57 Å². The molecule has 0 heterocycles. The molecule has 1 aromatic rings. The molecule has 1 rings (SSSR count). The molecule has 2 N–H and O–H groups in total. The minimum Gasteiger partial charge on any atom is -0.345 e. The van der Waals surface area contributed by atoms with Crippen LogP contribution in [-0.4, -0.2) is 10.7 Å². The molecule has 2 unspecified atom stereocenters. The molecule has 4 heteroatoms. The molecule has 0 bridgehead atoms. The van der Waals surface area contributed by atoms with Gasteiger partial charge in [0.2, 0.25) is 8.03 Å². The first-order valence-electron chi connectivity index (χ1n) is 8.71. The summed E-state index contributed by atoms with van der Waals surface area (Å²) in [5.74, 6) is -0.271. The van der Waals surface area contributed by atoms with Crippen LogP contribution >= 0.6 is 8.03 Å². The number of aryl methyl sites for hydroxylation is 1. The van der Waals surface area contributed by atoms with Crippen LogP contribution in [0.4, 0.5) is 0 Å². The zero-order valence-electron chi connectivity index (χ0n) is 14.1. The first-order valence-corrected chi connectivity index (χ1v) is 10.1. The van der Waals surface area contributed by atoms with Crippen molar-refractivity contribution in [3.8, 4) is 0 Å². The summed E-state index contributed by atoms with van der Waals surface area (Å²) >= 11 is 0. The first kappa shape index (κ1) is 19.4. The Morgan fingerprint density at radius 2 is 1.59 bits per heavy atom. The highest BCUT2D eigenvalue weighted by Gasteiger charge is 2.10. The van der Waals surface area contributed by atoms with Gasteiger partial charge in [0.1, 0.15) is 0 Å². The Bertz CT molecular complexity index is 420. The summed E-state index contributed by atoms with van der Waals surface area (Å²) in [6.07, 6.45) is 9.83. The van der Waals surface area contributed by atoms with Gasteiger partial charge in [-0.2, -0.15) is 0 Å². The van der Waals surface area contributed by atoms with E-state index < -0.39 is 8.03 Å². The van der Waals surface area contributed by atoms with Crippen molar-refractivity contribution in [3.05, 3.63) is 35.4 Å². The molecule has 22 heavy (non-hydrogen) atoms. The summed E-state index contributed by atoms with van der Waals surface area (Å²) in [4.78, 5) is 9.19. The number of nitrogens with one attached hydrogen (secondary N) is 1. The smallest absolute Gasteiger partial charge is 0.205 e. The van der Waals surface area contributed by atoms with Crippen LogP contribution in [0, 0.1) is 0 Å². The van der Waals surface area contributed by atoms with E-state index in [1.165, 1.54) is 49.7 Å². The molecule has 0 amide bonds. The van der Waals surface area contributed by atoms with E-state index in [-0.39, 0.29) is 5.78 Å². The van der Waals surface area contributed by atoms with Crippen molar-refractivity contribution in [1.29, 1.82) is 0 Å². The van der Waals surface area contributed by atoms with Crippen LogP contribution in [-0.2, 0) is 17.5 Å². The molecule has 2 atom stereocenters. The van der Waals surface area contributed by atoms with Crippen molar-refractivity contribution in [1.82, 2.24) is 5.32 Å². The minimum absolute atomic E-state index is 0.271. The maximum Gasteiger partial charge on any atom is 0.205 e. The predicted molar refractivity (Wildman–Crippen MR) is 95.7 cm³/mol. The van der Waals surface area contributed by atoms with Gasteiger partial charge in [-0.15, -0.1) is 0 Å². The standard InChI is InChI=1S/C18H32NO2P/c1-3-5-6-7-8-9-10-16-11-13-17(14-12-16)15-19-18(4-2)22(20)21/h11-14,18-19,22H,3-10,15H2,1-2H3,(H,20,21). The third-order valence-corrected chi connectivity index (χ3v) is 5.31. The van der Waals surface area contributed by atoms with Gasteiger partial charge >= 0.3 is 0 Å². The second-order valence-electron chi connectivity index (χ2n) is 6.01. The van der Waals surface area contributed by atoms with Gasteiger partial charge in [0.05, 0.1) is 5.78 Å². The number of benzene rings is 1. The van der Waals surface area contributed by atoms with Gasteiger partial charge in [-0.1, -0.05) is 70.2 Å². The van der Waals surface area contributed by atoms with Crippen LogP contribution in [0.3, 0.4) is 0 Å². The van der Waals surface area contributed by atoms with Crippen LogP contribution in [0.1, 0.15) is 69.9 Å². The van der Waals surface area contributed by atoms with Crippen LogP contribution in [0.15, 0.2) is 24.3 Å². The van der Waals surface area contributed by atoms with Crippen LogP contribution in [0.25, 0.3) is 0 Å². The minimum atomic E-state index is -2.48. The number of rotatable bonds is 12. The first-order chi connectivity index (χ1) is 10.7. The summed E-state index contributed by atoms with van der Waals surface area (Å²) in [5, 5.41) is 3.16. The van der Waals surface area contributed by atoms with Gasteiger partial charge in [0.25, 0.3) is 0 Å². The van der Waals surface area contributed by atoms with Gasteiger partial charge in [-0.25, -0.2) is 0 Å². The highest BCUT2D eigenvalue weighted by molar-refractivity contribution is 7.38. The molecule has 1 aromatic carbocycles. The fourth-order valence-corrected chi connectivity index (χ4v) is 3.21. The molecule has 126 valence electrons. The van der Waals surface area contributed by atoms with E-state index >= 15 is 0 Å². The Hall–Kier alpha value is -0.630. The van der Waals surface area contributed by atoms with E-state index in [1.54, 1.807) is 0 Å². The largest absolute Gasteiger partial charge is 0.345 e. The lowest BCUT2D eigenvalue weighted by Crippen LogP contribution is -2.24. The fraction of sp³-hybridized carbons (Fsp3) is 0.667. The van der Waals surface area contributed by atoms with Crippen LogP contribution in [0.2, 0.25) is 0 Å². The molecule has 0 saturated carbocycles. The topological polar surface area (TPSA) is 49.3 Å². The van der Waals surface area contributed by atoms with Crippen molar-refractivity contribution in [2.45, 2.75) is 77.5 Å². The molecule has 0 fully saturated rings. The maximum atomic E-state index is 11.1. The highest BCUT2D eigenvalue weighted by Crippen LogP contribution is 2.22. The van der Waals surface area contributed by atoms with E-state index in [9.17, 15) is 9.46 Å². The van der Waals surface area contributed by atoms with Crippen molar-refractivity contribution in [2.75, 3.05) is 0 Å². The van der Waals surface area contributed by atoms with Crippen LogP contribution in [0.5, 0.6) is 0 Å². The van der Waals surface area contributed by atoms with Crippen molar-refractivity contribution in [3.63, 3.8) is 0 Å². The molecule has 0 aromatic heterocycles. The van der Waals surface area contributed by atoms with Crippen molar-refractivity contribution in [2.24, 2.45) is 0 Å². The summed E-state index contributed by atoms with van der Waals surface area (Å²) in [7, 11) is -2.48. The summed E-state index contributed by atoms with van der Waals surface area (Å²) < 4.78 is 11.1. The van der Waals surface area contributed by atoms with Gasteiger partial charge in [0.15, 0.2) is 0 Å². The zero-order chi connectivity index (χ0) is 16.2. The lowest BCUT2D eigenvalue weighted by atomic mass is 10.0. The molecule has 0 aliphatic rings. The normalized spacial score (nSPS) is 14.0. The average molecular weight is 325 g/mol. The molecule has 0 radical (unpaired) electrons. The maximum absolute atomic E-state index is 11.1. The SMILES string of the molecule is CCCCCCCCc1ccc(CNC(CC)[PH](=O)O)cc1. The van der Waals surface area contributed by atoms with Crippen molar-refractivity contribution < 1.29 is 9.46 Å². The monoisotopic (exact) mass is 325 g/mol. The predicted octanol–water partition coefficient (Wildman–Crippen LogP) is 4.88. The molecule has 0 saturated heterocycles. The lowest BCUT2D eigenvalue weighted by Gasteiger charge is -2.13. The number of hydrogen-bond acceptors (Lipinski definition) is 2. The van der Waals surface area contributed by atoms with E-state index in [0.29, 0.717) is 13.0 Å². The molecule has 0 spiro atoms. The average Bonchev–Trinajstić information content (AvgIpc) is 2.52. The molecule has 0 aliphatic carbocycles. The molecule has 3 nitrogen and oxygen atoms in total. The van der Waals surface area contributed by atoms with Gasteiger partial charge in [-0.05, 0) is 30.4 Å². The zero-order valence-corrected chi connectivity index (χ0v) is 15.1. The molecular formula is C18H32NO2P. The van der Waals surface area contributed by atoms with E-state index in [0.717, 1.165) is 6.42 Å². The summed E-state index contributed by atoms with van der Waals surface area (Å²) in [6.45, 7) is 4.84. The van der Waals surface area contributed by atoms with Gasteiger partial charge in [0, 0.05) is 6.54 Å².